The Kier molecular flexibility index (Phi) is 2.88. The molecular formula is C12H12N2O2. The highest BCUT2D eigenvalue weighted by Crippen LogP contribution is 2.29. The third-order valence-corrected chi connectivity index (χ3v) is 2.75. The van der Waals surface area contributed by atoms with E-state index in [1.807, 2.05) is 18.2 Å². The van der Waals surface area contributed by atoms with Gasteiger partial charge in [0.2, 0.25) is 5.91 Å². The highest BCUT2D eigenvalue weighted by molar-refractivity contribution is 5.96. The minimum Gasteiger partial charge on any atom is -0.392 e. The van der Waals surface area contributed by atoms with Crippen LogP contribution in [0.3, 0.4) is 0 Å². The smallest absolute Gasteiger partial charge is 0.241 e. The van der Waals surface area contributed by atoms with Crippen molar-refractivity contribution >= 4 is 11.6 Å². The Morgan fingerprint density at radius 1 is 1.56 bits per heavy atom. The molecule has 2 rings (SSSR count). The van der Waals surface area contributed by atoms with E-state index in [9.17, 15) is 4.79 Å². The van der Waals surface area contributed by atoms with Gasteiger partial charge in [-0.2, -0.15) is 5.26 Å². The molecule has 16 heavy (non-hydrogen) atoms. The van der Waals surface area contributed by atoms with Gasteiger partial charge in [-0.25, -0.2) is 0 Å². The minimum atomic E-state index is -0.155. The normalized spacial score (nSPS) is 13.4. The predicted octanol–water partition coefficient (Wildman–Crippen LogP) is 0.982. The van der Waals surface area contributed by atoms with Gasteiger partial charge in [-0.15, -0.1) is 0 Å². The lowest BCUT2D eigenvalue weighted by molar-refractivity contribution is -0.117. The lowest BCUT2D eigenvalue weighted by atomic mass is 10.1. The molecule has 0 fully saturated rings. The number of fused-ring (bicyclic) bond motifs is 1. The average Bonchev–Trinajstić information content (AvgIpc) is 2.71. The van der Waals surface area contributed by atoms with Crippen LogP contribution in [0.2, 0.25) is 0 Å². The maximum absolute atomic E-state index is 11.6. The zero-order valence-corrected chi connectivity index (χ0v) is 8.81. The van der Waals surface area contributed by atoms with E-state index in [1.165, 1.54) is 0 Å². The van der Waals surface area contributed by atoms with Crippen LogP contribution < -0.4 is 4.90 Å². The highest BCUT2D eigenvalue weighted by Gasteiger charge is 2.24. The monoisotopic (exact) mass is 216 g/mol. The molecule has 4 heteroatoms. The first-order valence-electron chi connectivity index (χ1n) is 5.16. The molecule has 0 saturated heterocycles. The molecule has 1 amide bonds. The maximum Gasteiger partial charge on any atom is 0.241 e. The lowest BCUT2D eigenvalue weighted by Gasteiger charge is -2.15. The van der Waals surface area contributed by atoms with Crippen LogP contribution >= 0.6 is 0 Å². The second-order valence-corrected chi connectivity index (χ2v) is 3.75. The molecule has 1 aromatic rings. The van der Waals surface area contributed by atoms with Gasteiger partial charge >= 0.3 is 0 Å². The molecule has 0 aliphatic carbocycles. The number of hydrogen-bond donors (Lipinski definition) is 1. The quantitative estimate of drug-likeness (QED) is 0.801. The van der Waals surface area contributed by atoms with Crippen molar-refractivity contribution in [3.05, 3.63) is 29.3 Å². The van der Waals surface area contributed by atoms with Gasteiger partial charge in [0.25, 0.3) is 0 Å². The number of benzene rings is 1. The number of aliphatic hydroxyl groups is 1. The van der Waals surface area contributed by atoms with Crippen LogP contribution in [-0.2, 0) is 17.8 Å². The number of rotatable bonds is 2. The number of hydrogen-bond acceptors (Lipinski definition) is 3. The largest absolute Gasteiger partial charge is 0.392 e. The third kappa shape index (κ3) is 1.77. The van der Waals surface area contributed by atoms with E-state index < -0.39 is 0 Å². The average molecular weight is 216 g/mol. The summed E-state index contributed by atoms with van der Waals surface area (Å²) < 4.78 is 0. The summed E-state index contributed by atoms with van der Waals surface area (Å²) >= 11 is 0. The third-order valence-electron chi connectivity index (χ3n) is 2.75. The van der Waals surface area contributed by atoms with Crippen molar-refractivity contribution in [2.24, 2.45) is 0 Å². The molecule has 0 bridgehead atoms. The molecule has 1 aliphatic rings. The van der Waals surface area contributed by atoms with Gasteiger partial charge in [0, 0.05) is 12.2 Å². The first-order chi connectivity index (χ1) is 7.76. The van der Waals surface area contributed by atoms with Crippen LogP contribution in [0, 0.1) is 11.3 Å². The minimum absolute atomic E-state index is 0.0133. The van der Waals surface area contributed by atoms with Crippen molar-refractivity contribution in [1.29, 1.82) is 5.26 Å². The van der Waals surface area contributed by atoms with Gasteiger partial charge in [-0.05, 0) is 23.6 Å². The zero-order chi connectivity index (χ0) is 11.5. The van der Waals surface area contributed by atoms with Gasteiger partial charge in [0.15, 0.2) is 0 Å². The van der Waals surface area contributed by atoms with E-state index in [2.05, 4.69) is 0 Å². The first kappa shape index (κ1) is 10.7. The Morgan fingerprint density at radius 3 is 3.06 bits per heavy atom. The number of anilines is 1. The molecule has 1 N–H and O–H groups in total. The molecule has 1 aromatic carbocycles. The molecule has 0 unspecified atom stereocenters. The topological polar surface area (TPSA) is 64.3 Å². The van der Waals surface area contributed by atoms with Crippen molar-refractivity contribution < 1.29 is 9.90 Å². The van der Waals surface area contributed by atoms with Crippen LogP contribution in [0.25, 0.3) is 0 Å². The molecule has 1 aliphatic heterocycles. The summed E-state index contributed by atoms with van der Waals surface area (Å²) in [6, 6.07) is 7.42. The maximum atomic E-state index is 11.6. The van der Waals surface area contributed by atoms with Crippen LogP contribution in [0.15, 0.2) is 18.2 Å². The van der Waals surface area contributed by atoms with E-state index in [4.69, 9.17) is 10.4 Å². The molecule has 0 spiro atoms. The summed E-state index contributed by atoms with van der Waals surface area (Å²) in [6.07, 6.45) is 0.710. The number of carbonyl (C=O) groups is 1. The summed E-state index contributed by atoms with van der Waals surface area (Å²) in [5, 5.41) is 17.5. The van der Waals surface area contributed by atoms with Gasteiger partial charge in [-0.3, -0.25) is 4.79 Å². The number of aliphatic hydroxyl groups excluding tert-OH is 1. The molecule has 0 radical (unpaired) electrons. The fourth-order valence-electron chi connectivity index (χ4n) is 1.98. The highest BCUT2D eigenvalue weighted by atomic mass is 16.3. The first-order valence-corrected chi connectivity index (χ1v) is 5.16. The van der Waals surface area contributed by atoms with E-state index in [0.29, 0.717) is 6.54 Å². The molecule has 0 saturated carbocycles. The van der Waals surface area contributed by atoms with Gasteiger partial charge in [0.1, 0.15) is 6.42 Å². The van der Waals surface area contributed by atoms with Crippen LogP contribution in [0.1, 0.15) is 17.5 Å². The lowest BCUT2D eigenvalue weighted by Crippen LogP contribution is -2.28. The van der Waals surface area contributed by atoms with Crippen LogP contribution in [0.5, 0.6) is 0 Å². The number of amides is 1. The Morgan fingerprint density at radius 2 is 2.38 bits per heavy atom. The molecule has 82 valence electrons. The van der Waals surface area contributed by atoms with Gasteiger partial charge in [-0.1, -0.05) is 12.1 Å². The van der Waals surface area contributed by atoms with Gasteiger partial charge < -0.3 is 10.0 Å². The zero-order valence-electron chi connectivity index (χ0n) is 8.81. The molecule has 0 aromatic heterocycles. The summed E-state index contributed by atoms with van der Waals surface area (Å²) in [4.78, 5) is 13.3. The fourth-order valence-corrected chi connectivity index (χ4v) is 1.98. The number of carbonyl (C=O) groups excluding carboxylic acids is 1. The predicted molar refractivity (Wildman–Crippen MR) is 58.7 cm³/mol. The van der Waals surface area contributed by atoms with Crippen LogP contribution in [0.4, 0.5) is 5.69 Å². The van der Waals surface area contributed by atoms with Crippen molar-refractivity contribution in [3.8, 4) is 6.07 Å². The number of nitrogens with zero attached hydrogens (tertiary/aromatic N) is 2. The Hall–Kier alpha value is -1.86. The summed E-state index contributed by atoms with van der Waals surface area (Å²) in [5.41, 5.74) is 2.80. The number of nitriles is 1. The fraction of sp³-hybridized carbons (Fsp3) is 0.333. The molecular weight excluding hydrogens is 204 g/mol. The van der Waals surface area contributed by atoms with E-state index in [-0.39, 0.29) is 18.9 Å². The van der Waals surface area contributed by atoms with E-state index in [0.717, 1.165) is 23.2 Å². The second-order valence-electron chi connectivity index (χ2n) is 3.75. The van der Waals surface area contributed by atoms with E-state index >= 15 is 0 Å². The van der Waals surface area contributed by atoms with Crippen molar-refractivity contribution in [2.45, 2.75) is 19.4 Å². The Balaban J connectivity index is 2.27. The molecule has 1 heterocycles. The van der Waals surface area contributed by atoms with Crippen molar-refractivity contribution in [3.63, 3.8) is 0 Å². The van der Waals surface area contributed by atoms with Crippen molar-refractivity contribution in [2.75, 3.05) is 11.4 Å². The Bertz CT molecular complexity index is 463. The van der Waals surface area contributed by atoms with E-state index in [1.54, 1.807) is 11.0 Å². The SMILES string of the molecule is N#CCC(=O)N1CCc2cc(CO)ccc21. The second kappa shape index (κ2) is 4.33. The summed E-state index contributed by atoms with van der Waals surface area (Å²) in [6.45, 7) is 0.643. The standard InChI is InChI=1S/C12H12N2O2/c13-5-3-12(16)14-6-4-10-7-9(8-15)1-2-11(10)14/h1-2,7,15H,3-4,6,8H2. The Labute approximate surface area is 93.7 Å². The molecule has 0 atom stereocenters. The summed E-state index contributed by atoms with van der Waals surface area (Å²) in [7, 11) is 0. The van der Waals surface area contributed by atoms with Gasteiger partial charge in [0.05, 0.1) is 12.7 Å². The molecule has 4 nitrogen and oxygen atoms in total. The van der Waals surface area contributed by atoms with Crippen LogP contribution in [-0.4, -0.2) is 17.6 Å². The van der Waals surface area contributed by atoms with Crippen molar-refractivity contribution in [1.82, 2.24) is 0 Å². The summed E-state index contributed by atoms with van der Waals surface area (Å²) in [5.74, 6) is -0.155.